The molecule has 0 heterocycles. The molecule has 6 nitrogen and oxygen atoms in total. The maximum Gasteiger partial charge on any atom is 0.191 e. The van der Waals surface area contributed by atoms with Crippen LogP contribution in [0.25, 0.3) is 0 Å². The van der Waals surface area contributed by atoms with E-state index in [1.165, 1.54) is 0 Å². The van der Waals surface area contributed by atoms with Gasteiger partial charge in [0.05, 0.1) is 13.2 Å². The second kappa shape index (κ2) is 14.3. The Balaban J connectivity index is 0.00000529. The first-order valence-electron chi connectivity index (χ1n) is 8.13. The highest BCUT2D eigenvalue weighted by Gasteiger charge is 2.06. The van der Waals surface area contributed by atoms with E-state index in [1.807, 2.05) is 45.0 Å². The third kappa shape index (κ3) is 10.7. The van der Waals surface area contributed by atoms with Gasteiger partial charge in [0.15, 0.2) is 5.96 Å². The average Bonchev–Trinajstić information content (AvgIpc) is 2.54. The molecular weight excluding hydrogens is 421 g/mol. The zero-order valence-electron chi connectivity index (χ0n) is 14.7. The number of aryl methyl sites for hydroxylation is 1. The Kier molecular flexibility index (Phi) is 13.7. The van der Waals surface area contributed by atoms with Crippen molar-refractivity contribution in [1.82, 2.24) is 10.6 Å². The van der Waals surface area contributed by atoms with Crippen molar-refractivity contribution in [2.75, 3.05) is 39.5 Å². The van der Waals surface area contributed by atoms with Gasteiger partial charge < -0.3 is 25.2 Å². The third-order valence-corrected chi connectivity index (χ3v) is 2.98. The number of guanidine groups is 1. The van der Waals surface area contributed by atoms with Crippen LogP contribution in [0.15, 0.2) is 29.3 Å². The summed E-state index contributed by atoms with van der Waals surface area (Å²) in [4.78, 5) is 4.35. The molecule has 0 aliphatic carbocycles. The number of hydrogen-bond acceptors (Lipinski definition) is 4. The molecule has 0 fully saturated rings. The van der Waals surface area contributed by atoms with E-state index < -0.39 is 6.10 Å². The van der Waals surface area contributed by atoms with Gasteiger partial charge in [-0.2, -0.15) is 0 Å². The van der Waals surface area contributed by atoms with Gasteiger partial charge in [-0.25, -0.2) is 0 Å². The molecule has 138 valence electrons. The molecule has 0 spiro atoms. The van der Waals surface area contributed by atoms with Crippen LogP contribution in [0.3, 0.4) is 0 Å². The summed E-state index contributed by atoms with van der Waals surface area (Å²) in [6.07, 6.45) is -0.655. The molecule has 24 heavy (non-hydrogen) atoms. The van der Waals surface area contributed by atoms with Crippen LogP contribution in [0, 0.1) is 6.92 Å². The number of aliphatic hydroxyl groups is 1. The van der Waals surface area contributed by atoms with Crippen LogP contribution in [0.5, 0.6) is 5.75 Å². The van der Waals surface area contributed by atoms with Crippen LogP contribution in [0.1, 0.15) is 19.4 Å². The Morgan fingerprint density at radius 1 is 1.29 bits per heavy atom. The zero-order valence-corrected chi connectivity index (χ0v) is 17.1. The number of halogens is 1. The molecule has 0 amide bonds. The quantitative estimate of drug-likeness (QED) is 0.220. The second-order valence-electron chi connectivity index (χ2n) is 5.12. The number of benzene rings is 1. The molecule has 0 aromatic heterocycles. The number of hydrogen-bond donors (Lipinski definition) is 3. The predicted molar refractivity (Wildman–Crippen MR) is 109 cm³/mol. The molecule has 0 aliphatic heterocycles. The number of nitrogens with zero attached hydrogens (tertiary/aromatic N) is 1. The highest BCUT2D eigenvalue weighted by Crippen LogP contribution is 2.12. The van der Waals surface area contributed by atoms with Crippen LogP contribution in [-0.2, 0) is 4.74 Å². The van der Waals surface area contributed by atoms with E-state index >= 15 is 0 Å². The molecule has 0 aliphatic rings. The lowest BCUT2D eigenvalue weighted by molar-refractivity contribution is 0.114. The van der Waals surface area contributed by atoms with Crippen molar-refractivity contribution in [3.05, 3.63) is 29.8 Å². The van der Waals surface area contributed by atoms with E-state index in [-0.39, 0.29) is 37.1 Å². The normalized spacial score (nSPS) is 12.2. The Bertz CT molecular complexity index is 472. The predicted octanol–water partition coefficient (Wildman–Crippen LogP) is 1.94. The maximum absolute atomic E-state index is 9.99. The van der Waals surface area contributed by atoms with E-state index in [0.29, 0.717) is 25.7 Å². The summed E-state index contributed by atoms with van der Waals surface area (Å²) in [5.74, 6) is 1.43. The topological polar surface area (TPSA) is 75.1 Å². The molecule has 1 aromatic rings. The molecule has 0 bridgehead atoms. The first-order chi connectivity index (χ1) is 11.2. The maximum atomic E-state index is 9.99. The van der Waals surface area contributed by atoms with E-state index in [2.05, 4.69) is 15.6 Å². The number of rotatable bonds is 10. The number of ether oxygens (including phenoxy) is 2. The standard InChI is InChI=1S/C17H29N3O3.HI/c1-4-18-17(19-9-10-22-5-2)20-12-15(21)13-23-16-8-6-7-14(3)11-16;/h6-8,11,15,21H,4-5,9-10,12-13H2,1-3H3,(H2,18,19,20);1H. The van der Waals surface area contributed by atoms with Crippen LogP contribution in [0.2, 0.25) is 0 Å². The molecule has 0 saturated heterocycles. The third-order valence-electron chi connectivity index (χ3n) is 2.98. The summed E-state index contributed by atoms with van der Waals surface area (Å²) >= 11 is 0. The van der Waals surface area contributed by atoms with Crippen molar-refractivity contribution in [2.45, 2.75) is 26.9 Å². The first kappa shape index (κ1) is 22.9. The van der Waals surface area contributed by atoms with E-state index in [9.17, 15) is 5.11 Å². The van der Waals surface area contributed by atoms with Crippen molar-refractivity contribution in [1.29, 1.82) is 0 Å². The molecule has 0 radical (unpaired) electrons. The zero-order chi connectivity index (χ0) is 16.9. The van der Waals surface area contributed by atoms with Crippen molar-refractivity contribution in [3.63, 3.8) is 0 Å². The molecule has 1 atom stereocenters. The largest absolute Gasteiger partial charge is 0.491 e. The van der Waals surface area contributed by atoms with Gasteiger partial charge in [-0.1, -0.05) is 12.1 Å². The van der Waals surface area contributed by atoms with Gasteiger partial charge in [-0.3, -0.25) is 4.99 Å². The van der Waals surface area contributed by atoms with E-state index in [1.54, 1.807) is 0 Å². The average molecular weight is 451 g/mol. The van der Waals surface area contributed by atoms with Crippen molar-refractivity contribution < 1.29 is 14.6 Å². The van der Waals surface area contributed by atoms with Crippen molar-refractivity contribution in [3.8, 4) is 5.75 Å². The molecule has 7 heteroatoms. The van der Waals surface area contributed by atoms with Gasteiger partial charge in [-0.15, -0.1) is 24.0 Å². The molecule has 0 saturated carbocycles. The highest BCUT2D eigenvalue weighted by atomic mass is 127. The summed E-state index contributed by atoms with van der Waals surface area (Å²) < 4.78 is 10.8. The van der Waals surface area contributed by atoms with Gasteiger partial charge in [0, 0.05) is 19.7 Å². The SMILES string of the molecule is CCNC(=NCC(O)COc1cccc(C)c1)NCCOCC.I. The lowest BCUT2D eigenvalue weighted by atomic mass is 10.2. The summed E-state index contributed by atoms with van der Waals surface area (Å²) in [5.41, 5.74) is 1.13. The van der Waals surface area contributed by atoms with Gasteiger partial charge in [0.1, 0.15) is 18.5 Å². The van der Waals surface area contributed by atoms with Crippen LogP contribution in [0.4, 0.5) is 0 Å². The number of aliphatic hydroxyl groups excluding tert-OH is 1. The summed E-state index contributed by atoms with van der Waals surface area (Å²) in [6.45, 7) is 9.21. The minimum Gasteiger partial charge on any atom is -0.491 e. The monoisotopic (exact) mass is 451 g/mol. The Morgan fingerprint density at radius 2 is 2.08 bits per heavy atom. The lowest BCUT2D eigenvalue weighted by Gasteiger charge is -2.14. The molecular formula is C17H30IN3O3. The van der Waals surface area contributed by atoms with Gasteiger partial charge in [0.25, 0.3) is 0 Å². The minimum atomic E-state index is -0.655. The van der Waals surface area contributed by atoms with Gasteiger partial charge >= 0.3 is 0 Å². The summed E-state index contributed by atoms with van der Waals surface area (Å²) in [5, 5.41) is 16.3. The summed E-state index contributed by atoms with van der Waals surface area (Å²) in [7, 11) is 0. The minimum absolute atomic E-state index is 0. The van der Waals surface area contributed by atoms with Crippen LogP contribution in [-0.4, -0.2) is 56.6 Å². The Hall–Kier alpha value is -1.06. The number of nitrogens with one attached hydrogen (secondary N) is 2. The van der Waals surface area contributed by atoms with Crippen LogP contribution >= 0.6 is 24.0 Å². The van der Waals surface area contributed by atoms with E-state index in [4.69, 9.17) is 9.47 Å². The molecule has 1 rings (SSSR count). The van der Waals surface area contributed by atoms with E-state index in [0.717, 1.165) is 17.9 Å². The first-order valence-corrected chi connectivity index (χ1v) is 8.13. The highest BCUT2D eigenvalue weighted by molar-refractivity contribution is 14.0. The molecule has 1 unspecified atom stereocenters. The fraction of sp³-hybridized carbons (Fsp3) is 0.588. The van der Waals surface area contributed by atoms with Crippen molar-refractivity contribution >= 4 is 29.9 Å². The van der Waals surface area contributed by atoms with Gasteiger partial charge in [-0.05, 0) is 38.5 Å². The van der Waals surface area contributed by atoms with Crippen molar-refractivity contribution in [2.24, 2.45) is 4.99 Å². The Labute approximate surface area is 162 Å². The molecule has 3 N–H and O–H groups in total. The molecule has 1 aromatic carbocycles. The second-order valence-corrected chi connectivity index (χ2v) is 5.12. The summed E-state index contributed by atoms with van der Waals surface area (Å²) in [6, 6.07) is 7.75. The Morgan fingerprint density at radius 3 is 2.75 bits per heavy atom. The fourth-order valence-electron chi connectivity index (χ4n) is 1.87. The lowest BCUT2D eigenvalue weighted by Crippen LogP contribution is -2.39. The number of aliphatic imine (C=N–C) groups is 1. The van der Waals surface area contributed by atoms with Gasteiger partial charge in [0.2, 0.25) is 0 Å². The fourth-order valence-corrected chi connectivity index (χ4v) is 1.87. The smallest absolute Gasteiger partial charge is 0.191 e. The van der Waals surface area contributed by atoms with Crippen LogP contribution < -0.4 is 15.4 Å².